The van der Waals surface area contributed by atoms with E-state index >= 15 is 0 Å². The van der Waals surface area contributed by atoms with Gasteiger partial charge in [-0.1, -0.05) is 25.9 Å². The van der Waals surface area contributed by atoms with Gasteiger partial charge in [0, 0.05) is 30.0 Å². The SMILES string of the molecule is CC[C@H](/C=N/OCCN(C)C)[C@@]1(C)CCC2C(CC[C@@H]3C[C@@H](O)CC[C@]23C)C1=O. The van der Waals surface area contributed by atoms with E-state index in [9.17, 15) is 9.90 Å². The molecule has 166 valence electrons. The van der Waals surface area contributed by atoms with Gasteiger partial charge in [-0.05, 0) is 82.7 Å². The average Bonchev–Trinajstić information content (AvgIpc) is 2.67. The molecule has 3 saturated carbocycles. The Morgan fingerprint density at radius 3 is 2.69 bits per heavy atom. The summed E-state index contributed by atoms with van der Waals surface area (Å²) < 4.78 is 0. The third-order valence-corrected chi connectivity index (χ3v) is 8.74. The summed E-state index contributed by atoms with van der Waals surface area (Å²) in [6.07, 6.45) is 9.74. The van der Waals surface area contributed by atoms with Gasteiger partial charge >= 0.3 is 0 Å². The van der Waals surface area contributed by atoms with Gasteiger partial charge in [0.05, 0.1) is 6.10 Å². The van der Waals surface area contributed by atoms with Crippen molar-refractivity contribution in [1.82, 2.24) is 4.90 Å². The minimum absolute atomic E-state index is 0.133. The highest BCUT2D eigenvalue weighted by Gasteiger charge is 2.57. The van der Waals surface area contributed by atoms with Crippen LogP contribution in [0.4, 0.5) is 0 Å². The van der Waals surface area contributed by atoms with E-state index in [4.69, 9.17) is 4.84 Å². The van der Waals surface area contributed by atoms with Gasteiger partial charge in [0.1, 0.15) is 12.4 Å². The Kier molecular flexibility index (Phi) is 7.10. The van der Waals surface area contributed by atoms with Crippen LogP contribution in [0.5, 0.6) is 0 Å². The number of hydrogen-bond acceptors (Lipinski definition) is 5. The zero-order valence-electron chi connectivity index (χ0n) is 19.2. The van der Waals surface area contributed by atoms with Gasteiger partial charge < -0.3 is 14.8 Å². The molecule has 3 rings (SSSR count). The minimum Gasteiger partial charge on any atom is -0.395 e. The molecule has 3 aliphatic rings. The predicted molar refractivity (Wildman–Crippen MR) is 117 cm³/mol. The molecule has 3 fully saturated rings. The molecule has 0 spiro atoms. The van der Waals surface area contributed by atoms with Gasteiger partial charge in [-0.25, -0.2) is 0 Å². The molecule has 0 aliphatic heterocycles. The summed E-state index contributed by atoms with van der Waals surface area (Å²) in [7, 11) is 4.03. The maximum absolute atomic E-state index is 13.8. The van der Waals surface area contributed by atoms with Crippen LogP contribution in [0.3, 0.4) is 0 Å². The number of nitrogens with zero attached hydrogens (tertiary/aromatic N) is 2. The van der Waals surface area contributed by atoms with Crippen molar-refractivity contribution in [3.8, 4) is 0 Å². The Morgan fingerprint density at radius 2 is 2.00 bits per heavy atom. The predicted octanol–water partition coefficient (Wildman–Crippen LogP) is 4.14. The number of hydrogen-bond donors (Lipinski definition) is 1. The van der Waals surface area contributed by atoms with Gasteiger partial charge in [-0.2, -0.15) is 0 Å². The number of aliphatic hydroxyl groups excluding tert-OH is 1. The molecule has 0 heterocycles. The summed E-state index contributed by atoms with van der Waals surface area (Å²) in [5.41, 5.74) is -0.105. The van der Waals surface area contributed by atoms with Gasteiger partial charge in [-0.15, -0.1) is 0 Å². The Balaban J connectivity index is 1.70. The lowest BCUT2D eigenvalue weighted by Crippen LogP contribution is -2.56. The van der Waals surface area contributed by atoms with E-state index in [1.165, 1.54) is 0 Å². The van der Waals surface area contributed by atoms with Gasteiger partial charge in [0.15, 0.2) is 0 Å². The second kappa shape index (κ2) is 9.05. The molecule has 0 bridgehead atoms. The van der Waals surface area contributed by atoms with E-state index in [1.54, 1.807) is 0 Å². The Morgan fingerprint density at radius 1 is 1.24 bits per heavy atom. The first-order chi connectivity index (χ1) is 13.7. The molecular formula is C24H42N2O3. The fraction of sp³-hybridized carbons (Fsp3) is 0.917. The van der Waals surface area contributed by atoms with Crippen molar-refractivity contribution < 1.29 is 14.7 Å². The van der Waals surface area contributed by atoms with Gasteiger partial charge in [0.25, 0.3) is 0 Å². The Hall–Kier alpha value is -0.940. The van der Waals surface area contributed by atoms with Crippen molar-refractivity contribution in [3.63, 3.8) is 0 Å². The summed E-state index contributed by atoms with van der Waals surface area (Å²) in [4.78, 5) is 21.3. The lowest BCUT2D eigenvalue weighted by molar-refractivity contribution is -0.155. The third kappa shape index (κ3) is 4.41. The molecule has 7 atom stereocenters. The van der Waals surface area contributed by atoms with Crippen LogP contribution in [-0.2, 0) is 9.63 Å². The Bertz CT molecular complexity index is 607. The van der Waals surface area contributed by atoms with Crippen molar-refractivity contribution in [2.45, 2.75) is 78.2 Å². The van der Waals surface area contributed by atoms with Crippen LogP contribution in [0.2, 0.25) is 0 Å². The highest BCUT2D eigenvalue weighted by atomic mass is 16.6. The highest BCUT2D eigenvalue weighted by molar-refractivity contribution is 5.91. The quantitative estimate of drug-likeness (QED) is 0.392. The van der Waals surface area contributed by atoms with Crippen LogP contribution in [-0.4, -0.2) is 55.4 Å². The standard InChI is InChI=1S/C24H42N2O3/c1-6-17(16-25-29-14-13-26(4)5)24(3)12-10-21-20(22(24)28)8-7-18-15-19(27)9-11-23(18,21)2/h16-21,27H,6-15H2,1-5H3/b25-16+/t17-,18-,19+,20?,21?,23+,24-/m1/s1. The molecular weight excluding hydrogens is 364 g/mol. The lowest BCUT2D eigenvalue weighted by Gasteiger charge is -2.58. The number of fused-ring (bicyclic) bond motifs is 3. The van der Waals surface area contributed by atoms with Crippen molar-refractivity contribution in [2.75, 3.05) is 27.2 Å². The van der Waals surface area contributed by atoms with Crippen LogP contribution < -0.4 is 0 Å². The average molecular weight is 407 g/mol. The van der Waals surface area contributed by atoms with Crippen LogP contribution in [0, 0.1) is 34.5 Å². The first-order valence-electron chi connectivity index (χ1n) is 11.7. The van der Waals surface area contributed by atoms with Crippen LogP contribution >= 0.6 is 0 Å². The van der Waals surface area contributed by atoms with Crippen molar-refractivity contribution in [1.29, 1.82) is 0 Å². The summed E-state index contributed by atoms with van der Waals surface area (Å²) >= 11 is 0. The largest absolute Gasteiger partial charge is 0.395 e. The zero-order chi connectivity index (χ0) is 21.2. The van der Waals surface area contributed by atoms with Crippen LogP contribution in [0.1, 0.15) is 72.1 Å². The molecule has 29 heavy (non-hydrogen) atoms. The summed E-state index contributed by atoms with van der Waals surface area (Å²) in [5, 5.41) is 14.4. The van der Waals surface area contributed by atoms with Crippen LogP contribution in [0.25, 0.3) is 0 Å². The number of likely N-dealkylation sites (N-methyl/N-ethyl adjacent to an activating group) is 1. The second-order valence-electron chi connectivity index (χ2n) is 10.6. The lowest BCUT2D eigenvalue weighted by atomic mass is 9.46. The number of oxime groups is 1. The fourth-order valence-corrected chi connectivity index (χ4v) is 6.70. The monoisotopic (exact) mass is 406 g/mol. The highest BCUT2D eigenvalue weighted by Crippen LogP contribution is 2.61. The van der Waals surface area contributed by atoms with E-state index in [-0.39, 0.29) is 28.8 Å². The molecule has 2 unspecified atom stereocenters. The smallest absolute Gasteiger partial charge is 0.142 e. The molecule has 3 aliphatic carbocycles. The van der Waals surface area contributed by atoms with E-state index in [2.05, 4.69) is 30.8 Å². The zero-order valence-corrected chi connectivity index (χ0v) is 19.2. The number of Topliss-reactive ketones (excluding diaryl/α,β-unsaturated/α-hetero) is 1. The summed E-state index contributed by atoms with van der Waals surface area (Å²) in [6, 6.07) is 0. The molecule has 1 N–H and O–H groups in total. The van der Waals surface area contributed by atoms with Crippen molar-refractivity contribution in [3.05, 3.63) is 0 Å². The molecule has 0 aromatic heterocycles. The second-order valence-corrected chi connectivity index (χ2v) is 10.6. The maximum Gasteiger partial charge on any atom is 0.142 e. The topological polar surface area (TPSA) is 62.1 Å². The summed E-state index contributed by atoms with van der Waals surface area (Å²) in [6.45, 7) is 8.14. The molecule has 5 heteroatoms. The van der Waals surface area contributed by atoms with E-state index < -0.39 is 0 Å². The number of carbonyl (C=O) groups is 1. The van der Waals surface area contributed by atoms with E-state index in [0.717, 1.165) is 57.9 Å². The first-order valence-corrected chi connectivity index (χ1v) is 11.7. The molecule has 5 nitrogen and oxygen atoms in total. The van der Waals surface area contributed by atoms with Crippen molar-refractivity contribution >= 4 is 12.0 Å². The van der Waals surface area contributed by atoms with E-state index in [0.29, 0.717) is 24.2 Å². The summed E-state index contributed by atoms with van der Waals surface area (Å²) in [5.74, 6) is 1.85. The Labute approximate surface area is 177 Å². The molecule has 0 radical (unpaired) electrons. The van der Waals surface area contributed by atoms with Crippen LogP contribution in [0.15, 0.2) is 5.16 Å². The third-order valence-electron chi connectivity index (χ3n) is 8.74. The minimum atomic E-state index is -0.332. The fourth-order valence-electron chi connectivity index (χ4n) is 6.70. The van der Waals surface area contributed by atoms with Gasteiger partial charge in [0.2, 0.25) is 0 Å². The van der Waals surface area contributed by atoms with Crippen molar-refractivity contribution in [2.24, 2.45) is 39.7 Å². The molecule has 0 aromatic rings. The first kappa shape index (κ1) is 22.7. The van der Waals surface area contributed by atoms with E-state index in [1.807, 2.05) is 20.3 Å². The molecule has 0 saturated heterocycles. The number of rotatable bonds is 7. The molecule has 0 aromatic carbocycles. The number of carbonyl (C=O) groups excluding carboxylic acids is 1. The maximum atomic E-state index is 13.8. The normalized spacial score (nSPS) is 41.3. The van der Waals surface area contributed by atoms with Gasteiger partial charge in [-0.3, -0.25) is 4.79 Å². The number of ketones is 1. The molecule has 0 amide bonds. The number of aliphatic hydroxyl groups is 1.